The van der Waals surface area contributed by atoms with Gasteiger partial charge in [-0.1, -0.05) is 31.2 Å². The molecule has 29 heavy (non-hydrogen) atoms. The third kappa shape index (κ3) is 3.39. The highest BCUT2D eigenvalue weighted by Gasteiger charge is 2.42. The van der Waals surface area contributed by atoms with Crippen LogP contribution in [0.3, 0.4) is 0 Å². The van der Waals surface area contributed by atoms with Gasteiger partial charge in [0.05, 0.1) is 5.41 Å². The number of carboxylic acids is 1. The van der Waals surface area contributed by atoms with Gasteiger partial charge in [-0.25, -0.2) is 4.39 Å². The molecule has 4 rings (SSSR count). The molecule has 0 fully saturated rings. The van der Waals surface area contributed by atoms with Crippen LogP contribution in [-0.2, 0) is 29.0 Å². The highest BCUT2D eigenvalue weighted by atomic mass is 19.1. The van der Waals surface area contributed by atoms with Gasteiger partial charge in [-0.3, -0.25) is 9.59 Å². The second kappa shape index (κ2) is 7.35. The zero-order valence-electron chi connectivity index (χ0n) is 16.2. The molecule has 1 unspecified atom stereocenters. The SMILES string of the molecule is CCC1(C(=O)Nc2cccc(F)c2)CCc2c(c3ccccc3n2CC(=O)O)C1. The molecule has 0 radical (unpaired) electrons. The number of fused-ring (bicyclic) bond motifs is 3. The number of benzene rings is 2. The largest absolute Gasteiger partial charge is 0.480 e. The van der Waals surface area contributed by atoms with Gasteiger partial charge in [-0.05, 0) is 55.5 Å². The lowest BCUT2D eigenvalue weighted by atomic mass is 9.70. The fraction of sp³-hybridized carbons (Fsp3) is 0.304. The van der Waals surface area contributed by atoms with E-state index < -0.39 is 17.2 Å². The van der Waals surface area contributed by atoms with E-state index in [4.69, 9.17) is 0 Å². The quantitative estimate of drug-likeness (QED) is 0.674. The summed E-state index contributed by atoms with van der Waals surface area (Å²) in [7, 11) is 0. The molecule has 2 aromatic carbocycles. The molecule has 2 N–H and O–H groups in total. The Kier molecular flexibility index (Phi) is 4.86. The number of aromatic nitrogens is 1. The second-order valence-corrected chi connectivity index (χ2v) is 7.70. The zero-order valence-corrected chi connectivity index (χ0v) is 16.2. The molecule has 1 aromatic heterocycles. The van der Waals surface area contributed by atoms with Crippen LogP contribution in [-0.4, -0.2) is 21.6 Å². The van der Waals surface area contributed by atoms with E-state index in [0.717, 1.165) is 22.2 Å². The van der Waals surface area contributed by atoms with E-state index in [-0.39, 0.29) is 12.5 Å². The van der Waals surface area contributed by atoms with Crippen molar-refractivity contribution < 1.29 is 19.1 Å². The molecule has 1 aliphatic carbocycles. The Hall–Kier alpha value is -3.15. The number of rotatable bonds is 5. The Morgan fingerprint density at radius 1 is 1.21 bits per heavy atom. The summed E-state index contributed by atoms with van der Waals surface area (Å²) in [5, 5.41) is 13.2. The van der Waals surface area contributed by atoms with E-state index in [1.54, 1.807) is 12.1 Å². The van der Waals surface area contributed by atoms with E-state index in [0.29, 0.717) is 31.4 Å². The van der Waals surface area contributed by atoms with Gasteiger partial charge < -0.3 is 15.0 Å². The topological polar surface area (TPSA) is 71.3 Å². The monoisotopic (exact) mass is 394 g/mol. The van der Waals surface area contributed by atoms with Crippen molar-refractivity contribution >= 4 is 28.5 Å². The Labute approximate surface area is 168 Å². The standard InChI is InChI=1S/C23H23FN2O3/c1-2-23(22(29)25-16-7-5-6-15(24)12-16)11-10-20-18(13-23)17-8-3-4-9-19(17)26(20)14-21(27)28/h3-9,12H,2,10-11,13-14H2,1H3,(H,25,29)(H,27,28). The van der Waals surface area contributed by atoms with Gasteiger partial charge in [-0.2, -0.15) is 0 Å². The first-order chi connectivity index (χ1) is 13.9. The molecular weight excluding hydrogens is 371 g/mol. The number of hydrogen-bond acceptors (Lipinski definition) is 2. The van der Waals surface area contributed by atoms with Crippen LogP contribution >= 0.6 is 0 Å². The molecule has 0 saturated heterocycles. The Bertz CT molecular complexity index is 1100. The molecule has 1 amide bonds. The minimum Gasteiger partial charge on any atom is -0.480 e. The van der Waals surface area contributed by atoms with Crippen LogP contribution in [0.15, 0.2) is 48.5 Å². The first-order valence-electron chi connectivity index (χ1n) is 9.81. The molecule has 1 heterocycles. The average Bonchev–Trinajstić information content (AvgIpc) is 3.00. The van der Waals surface area contributed by atoms with Gasteiger partial charge in [0.2, 0.25) is 5.91 Å². The van der Waals surface area contributed by atoms with Crippen molar-refractivity contribution in [2.24, 2.45) is 5.41 Å². The van der Waals surface area contributed by atoms with Crippen molar-refractivity contribution in [2.45, 2.75) is 39.2 Å². The number of carbonyl (C=O) groups is 2. The highest BCUT2D eigenvalue weighted by molar-refractivity contribution is 5.97. The molecular formula is C23H23FN2O3. The normalized spacial score (nSPS) is 18.4. The van der Waals surface area contributed by atoms with Crippen LogP contribution in [0.5, 0.6) is 0 Å². The Morgan fingerprint density at radius 2 is 2.00 bits per heavy atom. The van der Waals surface area contributed by atoms with Crippen molar-refractivity contribution in [1.29, 1.82) is 0 Å². The van der Waals surface area contributed by atoms with Crippen molar-refractivity contribution in [3.05, 3.63) is 65.6 Å². The van der Waals surface area contributed by atoms with Gasteiger partial charge in [0.1, 0.15) is 12.4 Å². The van der Waals surface area contributed by atoms with Crippen LogP contribution < -0.4 is 5.32 Å². The van der Waals surface area contributed by atoms with Gasteiger partial charge in [0, 0.05) is 22.3 Å². The first-order valence-corrected chi connectivity index (χ1v) is 9.81. The predicted molar refractivity (Wildman–Crippen MR) is 109 cm³/mol. The van der Waals surface area contributed by atoms with Crippen molar-refractivity contribution in [2.75, 3.05) is 5.32 Å². The summed E-state index contributed by atoms with van der Waals surface area (Å²) in [6, 6.07) is 13.7. The molecule has 6 heteroatoms. The number of carboxylic acid groups (broad SMARTS) is 1. The summed E-state index contributed by atoms with van der Waals surface area (Å²) in [4.78, 5) is 24.6. The number of aliphatic carboxylic acids is 1. The maximum Gasteiger partial charge on any atom is 0.323 e. The minimum atomic E-state index is -0.885. The molecule has 0 saturated carbocycles. The lowest BCUT2D eigenvalue weighted by Crippen LogP contribution is -2.40. The summed E-state index contributed by atoms with van der Waals surface area (Å²) < 4.78 is 15.4. The summed E-state index contributed by atoms with van der Waals surface area (Å²) in [6.07, 6.45) is 2.43. The Balaban J connectivity index is 1.72. The number of carbonyl (C=O) groups excluding carboxylic acids is 1. The molecule has 1 aliphatic rings. The number of para-hydroxylation sites is 1. The smallest absolute Gasteiger partial charge is 0.323 e. The second-order valence-electron chi connectivity index (χ2n) is 7.70. The van der Waals surface area contributed by atoms with Crippen LogP contribution in [0.4, 0.5) is 10.1 Å². The average molecular weight is 394 g/mol. The van der Waals surface area contributed by atoms with Crippen molar-refractivity contribution in [1.82, 2.24) is 4.57 Å². The van der Waals surface area contributed by atoms with Gasteiger partial charge >= 0.3 is 5.97 Å². The van der Waals surface area contributed by atoms with Gasteiger partial charge in [-0.15, -0.1) is 0 Å². The number of nitrogens with one attached hydrogen (secondary N) is 1. The molecule has 3 aromatic rings. The summed E-state index contributed by atoms with van der Waals surface area (Å²) in [6.45, 7) is 1.90. The summed E-state index contributed by atoms with van der Waals surface area (Å²) in [5.74, 6) is -1.40. The van der Waals surface area contributed by atoms with E-state index in [9.17, 15) is 19.1 Å². The number of nitrogens with zero attached hydrogens (tertiary/aromatic N) is 1. The third-order valence-corrected chi connectivity index (χ3v) is 6.08. The summed E-state index contributed by atoms with van der Waals surface area (Å²) in [5.41, 5.74) is 2.76. The number of amides is 1. The molecule has 0 aliphatic heterocycles. The zero-order chi connectivity index (χ0) is 20.6. The van der Waals surface area contributed by atoms with Crippen LogP contribution in [0.2, 0.25) is 0 Å². The number of anilines is 1. The molecule has 150 valence electrons. The molecule has 1 atom stereocenters. The molecule has 0 bridgehead atoms. The highest BCUT2D eigenvalue weighted by Crippen LogP contribution is 2.43. The lowest BCUT2D eigenvalue weighted by Gasteiger charge is -2.35. The Morgan fingerprint density at radius 3 is 2.72 bits per heavy atom. The number of halogens is 1. The van der Waals surface area contributed by atoms with Crippen LogP contribution in [0, 0.1) is 11.2 Å². The van der Waals surface area contributed by atoms with Crippen molar-refractivity contribution in [3.8, 4) is 0 Å². The van der Waals surface area contributed by atoms with Gasteiger partial charge in [0.25, 0.3) is 0 Å². The number of hydrogen-bond donors (Lipinski definition) is 2. The predicted octanol–water partition coefficient (Wildman–Crippen LogP) is 4.39. The minimum absolute atomic E-state index is 0.0928. The van der Waals surface area contributed by atoms with E-state index >= 15 is 0 Å². The van der Waals surface area contributed by atoms with Crippen LogP contribution in [0.1, 0.15) is 31.0 Å². The molecule has 5 nitrogen and oxygen atoms in total. The third-order valence-electron chi connectivity index (χ3n) is 6.08. The van der Waals surface area contributed by atoms with Gasteiger partial charge in [0.15, 0.2) is 0 Å². The van der Waals surface area contributed by atoms with E-state index in [2.05, 4.69) is 5.32 Å². The van der Waals surface area contributed by atoms with Crippen molar-refractivity contribution in [3.63, 3.8) is 0 Å². The summed E-state index contributed by atoms with van der Waals surface area (Å²) >= 11 is 0. The fourth-order valence-electron chi connectivity index (χ4n) is 4.50. The fourth-order valence-corrected chi connectivity index (χ4v) is 4.50. The maximum absolute atomic E-state index is 13.5. The lowest BCUT2D eigenvalue weighted by molar-refractivity contribution is -0.137. The van der Waals surface area contributed by atoms with E-state index in [1.807, 2.05) is 35.8 Å². The van der Waals surface area contributed by atoms with Crippen LogP contribution in [0.25, 0.3) is 10.9 Å². The van der Waals surface area contributed by atoms with E-state index in [1.165, 1.54) is 12.1 Å². The molecule has 0 spiro atoms. The maximum atomic E-state index is 13.5. The first kappa shape index (κ1) is 19.2.